The molecule has 0 aliphatic heterocycles. The van der Waals surface area contributed by atoms with E-state index >= 15 is 0 Å². The van der Waals surface area contributed by atoms with E-state index in [1.54, 1.807) is 0 Å². The minimum Gasteiger partial charge on any atom is -0.331 e. The first kappa shape index (κ1) is 9.95. The maximum Gasteiger partial charge on any atom is 0.185 e. The largest absolute Gasteiger partial charge is 0.331 e. The first-order chi connectivity index (χ1) is 6.13. The first-order valence-electron chi connectivity index (χ1n) is 3.98. The van der Waals surface area contributed by atoms with Crippen LogP contribution in [0.4, 0.5) is 5.69 Å². The lowest BCUT2D eigenvalue weighted by Gasteiger charge is -2.10. The van der Waals surface area contributed by atoms with Gasteiger partial charge >= 0.3 is 0 Å². The quantitative estimate of drug-likeness (QED) is 0.361. The molecule has 13 heavy (non-hydrogen) atoms. The summed E-state index contributed by atoms with van der Waals surface area (Å²) in [5, 5.41) is 3.42. The zero-order valence-corrected chi connectivity index (χ0v) is 8.53. The van der Waals surface area contributed by atoms with E-state index in [9.17, 15) is 0 Å². The average molecular weight is 195 g/mol. The van der Waals surface area contributed by atoms with Gasteiger partial charge in [0.1, 0.15) is 0 Å². The van der Waals surface area contributed by atoms with Crippen molar-refractivity contribution in [2.45, 2.75) is 13.8 Å². The minimum atomic E-state index is 0.425. The van der Waals surface area contributed by atoms with Crippen molar-refractivity contribution in [2.24, 2.45) is 5.84 Å². The van der Waals surface area contributed by atoms with E-state index in [4.69, 9.17) is 18.1 Å². The fraction of sp³-hybridized carbons (Fsp3) is 0.222. The number of hydrogen-bond donors (Lipinski definition) is 3. The Morgan fingerprint density at radius 2 is 2.08 bits per heavy atom. The first-order valence-corrected chi connectivity index (χ1v) is 4.39. The molecule has 0 saturated heterocycles. The second-order valence-corrected chi connectivity index (χ2v) is 3.33. The summed E-state index contributed by atoms with van der Waals surface area (Å²) in [6.45, 7) is 4.05. The van der Waals surface area contributed by atoms with Gasteiger partial charge in [0.25, 0.3) is 0 Å². The zero-order valence-electron chi connectivity index (χ0n) is 7.72. The van der Waals surface area contributed by atoms with Crippen LogP contribution in [-0.2, 0) is 0 Å². The SMILES string of the molecule is Cc1ccc(C)c(NC(=S)NN)c1. The fourth-order valence-corrected chi connectivity index (χ4v) is 1.14. The summed E-state index contributed by atoms with van der Waals surface area (Å²) in [4.78, 5) is 0. The Morgan fingerprint density at radius 1 is 1.38 bits per heavy atom. The van der Waals surface area contributed by atoms with Gasteiger partial charge in [0, 0.05) is 5.69 Å². The van der Waals surface area contributed by atoms with Crippen molar-refractivity contribution < 1.29 is 0 Å². The van der Waals surface area contributed by atoms with Crippen molar-refractivity contribution in [3.63, 3.8) is 0 Å². The van der Waals surface area contributed by atoms with Crippen molar-refractivity contribution in [2.75, 3.05) is 5.32 Å². The van der Waals surface area contributed by atoms with Gasteiger partial charge in [-0.25, -0.2) is 5.84 Å². The highest BCUT2D eigenvalue weighted by Crippen LogP contribution is 2.15. The Balaban J connectivity index is 2.87. The molecule has 1 rings (SSSR count). The normalized spacial score (nSPS) is 9.46. The average Bonchev–Trinajstić information content (AvgIpc) is 2.11. The van der Waals surface area contributed by atoms with Crippen molar-refractivity contribution in [1.29, 1.82) is 0 Å². The molecule has 0 saturated carbocycles. The molecule has 70 valence electrons. The number of anilines is 1. The van der Waals surface area contributed by atoms with Gasteiger partial charge in [-0.05, 0) is 43.3 Å². The van der Waals surface area contributed by atoms with Crippen LogP contribution in [0.5, 0.6) is 0 Å². The Kier molecular flexibility index (Phi) is 3.22. The number of nitrogens with two attached hydrogens (primary N) is 1. The van der Waals surface area contributed by atoms with Gasteiger partial charge in [0.05, 0.1) is 0 Å². The molecule has 4 heteroatoms. The number of nitrogens with one attached hydrogen (secondary N) is 2. The highest BCUT2D eigenvalue weighted by Gasteiger charge is 1.99. The van der Waals surface area contributed by atoms with Crippen LogP contribution in [0.15, 0.2) is 18.2 Å². The van der Waals surface area contributed by atoms with Crippen LogP contribution in [0.3, 0.4) is 0 Å². The number of rotatable bonds is 1. The van der Waals surface area contributed by atoms with Gasteiger partial charge in [-0.1, -0.05) is 12.1 Å². The van der Waals surface area contributed by atoms with E-state index in [1.165, 1.54) is 5.56 Å². The monoisotopic (exact) mass is 195 g/mol. The maximum absolute atomic E-state index is 5.15. The molecular weight excluding hydrogens is 182 g/mol. The lowest BCUT2D eigenvalue weighted by Crippen LogP contribution is -2.34. The van der Waals surface area contributed by atoms with Crippen LogP contribution in [0, 0.1) is 13.8 Å². The molecule has 0 heterocycles. The standard InChI is InChI=1S/C9H13N3S/c1-6-3-4-7(2)8(5-6)11-9(13)12-10/h3-5H,10H2,1-2H3,(H2,11,12,13). The molecule has 0 radical (unpaired) electrons. The molecule has 0 bridgehead atoms. The lowest BCUT2D eigenvalue weighted by atomic mass is 10.1. The summed E-state index contributed by atoms with van der Waals surface area (Å²) in [5.41, 5.74) is 5.70. The van der Waals surface area contributed by atoms with Gasteiger partial charge in [-0.3, -0.25) is 0 Å². The molecule has 0 fully saturated rings. The number of hydrazine groups is 1. The fourth-order valence-electron chi connectivity index (χ4n) is 1.03. The summed E-state index contributed by atoms with van der Waals surface area (Å²) < 4.78 is 0. The molecule has 0 aliphatic rings. The Labute approximate surface area is 83.3 Å². The maximum atomic E-state index is 5.15. The predicted octanol–water partition coefficient (Wildman–Crippen LogP) is 1.46. The van der Waals surface area contributed by atoms with Crippen molar-refractivity contribution in [3.05, 3.63) is 29.3 Å². The van der Waals surface area contributed by atoms with Crippen LogP contribution >= 0.6 is 12.2 Å². The highest BCUT2D eigenvalue weighted by atomic mass is 32.1. The topological polar surface area (TPSA) is 50.1 Å². The number of aryl methyl sites for hydroxylation is 2. The summed E-state index contributed by atoms with van der Waals surface area (Å²) >= 11 is 4.89. The third kappa shape index (κ3) is 2.68. The Hall–Kier alpha value is -1.13. The molecule has 4 N–H and O–H groups in total. The molecule has 0 spiro atoms. The molecule has 1 aromatic rings. The van der Waals surface area contributed by atoms with Gasteiger partial charge in [-0.15, -0.1) is 0 Å². The predicted molar refractivity (Wildman–Crippen MR) is 59.5 cm³/mol. The Bertz CT molecular complexity index is 323. The molecule has 1 aromatic carbocycles. The lowest BCUT2D eigenvalue weighted by molar-refractivity contribution is 1.04. The van der Waals surface area contributed by atoms with E-state index < -0.39 is 0 Å². The van der Waals surface area contributed by atoms with Crippen molar-refractivity contribution in [3.8, 4) is 0 Å². The Morgan fingerprint density at radius 3 is 2.69 bits per heavy atom. The number of thiocarbonyl (C=S) groups is 1. The van der Waals surface area contributed by atoms with E-state index in [1.807, 2.05) is 26.0 Å². The highest BCUT2D eigenvalue weighted by molar-refractivity contribution is 7.80. The molecule has 0 unspecified atom stereocenters. The van der Waals surface area contributed by atoms with Gasteiger partial charge < -0.3 is 10.7 Å². The van der Waals surface area contributed by atoms with Crippen LogP contribution < -0.4 is 16.6 Å². The van der Waals surface area contributed by atoms with Gasteiger partial charge in [0.2, 0.25) is 0 Å². The van der Waals surface area contributed by atoms with Gasteiger partial charge in [0.15, 0.2) is 5.11 Å². The van der Waals surface area contributed by atoms with Gasteiger partial charge in [-0.2, -0.15) is 0 Å². The number of benzene rings is 1. The second kappa shape index (κ2) is 4.20. The third-order valence-corrected chi connectivity index (χ3v) is 1.99. The van der Waals surface area contributed by atoms with E-state index in [0.717, 1.165) is 11.3 Å². The van der Waals surface area contributed by atoms with Crippen LogP contribution in [0.1, 0.15) is 11.1 Å². The summed E-state index contributed by atoms with van der Waals surface area (Å²) in [6, 6.07) is 6.12. The van der Waals surface area contributed by atoms with E-state index in [2.05, 4.69) is 16.8 Å². The zero-order chi connectivity index (χ0) is 9.84. The number of hydrogen-bond acceptors (Lipinski definition) is 2. The third-order valence-electron chi connectivity index (χ3n) is 1.77. The summed E-state index contributed by atoms with van der Waals surface area (Å²) in [6.07, 6.45) is 0. The molecule has 3 nitrogen and oxygen atoms in total. The summed E-state index contributed by atoms with van der Waals surface area (Å²) in [5.74, 6) is 5.15. The van der Waals surface area contributed by atoms with Crippen LogP contribution in [0.2, 0.25) is 0 Å². The van der Waals surface area contributed by atoms with Crippen LogP contribution in [0.25, 0.3) is 0 Å². The van der Waals surface area contributed by atoms with E-state index in [0.29, 0.717) is 5.11 Å². The smallest absolute Gasteiger partial charge is 0.185 e. The van der Waals surface area contributed by atoms with Crippen molar-refractivity contribution in [1.82, 2.24) is 5.43 Å². The summed E-state index contributed by atoms with van der Waals surface area (Å²) in [7, 11) is 0. The van der Waals surface area contributed by atoms with E-state index in [-0.39, 0.29) is 0 Å². The molecule has 0 aromatic heterocycles. The van der Waals surface area contributed by atoms with Crippen molar-refractivity contribution >= 4 is 23.0 Å². The van der Waals surface area contributed by atoms with Crippen LogP contribution in [-0.4, -0.2) is 5.11 Å². The molecule has 0 amide bonds. The molecule has 0 atom stereocenters. The molecule has 0 aliphatic carbocycles. The molecular formula is C9H13N3S. The minimum absolute atomic E-state index is 0.425. The second-order valence-electron chi connectivity index (χ2n) is 2.92.